The minimum absolute atomic E-state index is 0.114. The fourth-order valence-electron chi connectivity index (χ4n) is 2.11. The van der Waals surface area contributed by atoms with Crippen LogP contribution in [-0.4, -0.2) is 24.7 Å². The normalized spacial score (nSPS) is 12.5. The molecule has 6 heteroatoms. The van der Waals surface area contributed by atoms with Gasteiger partial charge in [0, 0.05) is 24.6 Å². The first-order valence-corrected chi connectivity index (χ1v) is 6.92. The number of aromatic amines is 1. The summed E-state index contributed by atoms with van der Waals surface area (Å²) in [6.45, 7) is 4.74. The van der Waals surface area contributed by atoms with Crippen LogP contribution in [0.4, 0.5) is 0 Å². The van der Waals surface area contributed by atoms with E-state index in [4.69, 9.17) is 0 Å². The Labute approximate surface area is 123 Å². The standard InChI is InChI=1S/C15H18N6/c1-11(15-18-12(2)19-20-15)17-9-13-3-5-14(6-4-13)21-8-7-16-10-21/h3-8,10-11,17H,9H2,1-2H3,(H,18,19,20). The van der Waals surface area contributed by atoms with Crippen molar-refractivity contribution in [2.75, 3.05) is 0 Å². The van der Waals surface area contributed by atoms with Crippen LogP contribution in [0.25, 0.3) is 5.69 Å². The summed E-state index contributed by atoms with van der Waals surface area (Å²) in [5.74, 6) is 1.63. The lowest BCUT2D eigenvalue weighted by atomic mass is 10.2. The predicted molar refractivity (Wildman–Crippen MR) is 79.9 cm³/mol. The van der Waals surface area contributed by atoms with Crippen molar-refractivity contribution in [1.82, 2.24) is 30.0 Å². The number of nitrogens with one attached hydrogen (secondary N) is 2. The summed E-state index contributed by atoms with van der Waals surface area (Å²) >= 11 is 0. The molecule has 3 aromatic rings. The van der Waals surface area contributed by atoms with E-state index in [9.17, 15) is 0 Å². The molecule has 2 N–H and O–H groups in total. The van der Waals surface area contributed by atoms with Crippen LogP contribution >= 0.6 is 0 Å². The van der Waals surface area contributed by atoms with Crippen LogP contribution in [0.3, 0.4) is 0 Å². The Morgan fingerprint density at radius 1 is 1.29 bits per heavy atom. The number of benzene rings is 1. The van der Waals surface area contributed by atoms with Gasteiger partial charge in [-0.2, -0.15) is 5.10 Å². The van der Waals surface area contributed by atoms with E-state index in [2.05, 4.69) is 56.7 Å². The van der Waals surface area contributed by atoms with Gasteiger partial charge in [-0.25, -0.2) is 9.97 Å². The van der Waals surface area contributed by atoms with Crippen molar-refractivity contribution < 1.29 is 0 Å². The zero-order valence-electron chi connectivity index (χ0n) is 12.1. The second-order valence-corrected chi connectivity index (χ2v) is 5.02. The van der Waals surface area contributed by atoms with Crippen molar-refractivity contribution in [2.45, 2.75) is 26.4 Å². The highest BCUT2D eigenvalue weighted by molar-refractivity contribution is 5.34. The van der Waals surface area contributed by atoms with Gasteiger partial charge in [0.05, 0.1) is 12.4 Å². The second-order valence-electron chi connectivity index (χ2n) is 5.02. The van der Waals surface area contributed by atoms with Gasteiger partial charge in [0.15, 0.2) is 5.82 Å². The largest absolute Gasteiger partial charge is 0.306 e. The molecule has 0 bridgehead atoms. The van der Waals surface area contributed by atoms with Crippen LogP contribution in [0.2, 0.25) is 0 Å². The molecule has 1 unspecified atom stereocenters. The lowest BCUT2D eigenvalue weighted by molar-refractivity contribution is 0.548. The molecule has 2 heterocycles. The van der Waals surface area contributed by atoms with Gasteiger partial charge < -0.3 is 9.88 Å². The Bertz CT molecular complexity index is 683. The SMILES string of the molecule is Cc1nc(C(C)NCc2ccc(-n3ccnc3)cc2)n[nH]1. The van der Waals surface area contributed by atoms with Crippen molar-refractivity contribution >= 4 is 0 Å². The third kappa shape index (κ3) is 3.17. The van der Waals surface area contributed by atoms with Gasteiger partial charge in [-0.15, -0.1) is 0 Å². The summed E-state index contributed by atoms with van der Waals surface area (Å²) in [6.07, 6.45) is 5.50. The highest BCUT2D eigenvalue weighted by atomic mass is 15.2. The Morgan fingerprint density at radius 3 is 2.71 bits per heavy atom. The van der Waals surface area contributed by atoms with E-state index in [0.717, 1.165) is 23.9 Å². The maximum absolute atomic E-state index is 4.33. The number of H-pyrrole nitrogens is 1. The van der Waals surface area contributed by atoms with E-state index in [1.165, 1.54) is 5.56 Å². The summed E-state index contributed by atoms with van der Waals surface area (Å²) < 4.78 is 1.98. The minimum Gasteiger partial charge on any atom is -0.306 e. The summed E-state index contributed by atoms with van der Waals surface area (Å²) in [5.41, 5.74) is 2.33. The van der Waals surface area contributed by atoms with Gasteiger partial charge in [-0.3, -0.25) is 5.10 Å². The number of hydrogen-bond donors (Lipinski definition) is 2. The number of rotatable bonds is 5. The number of aromatic nitrogens is 5. The number of hydrogen-bond acceptors (Lipinski definition) is 4. The molecule has 3 rings (SSSR count). The summed E-state index contributed by atoms with van der Waals surface area (Å²) in [4.78, 5) is 8.38. The fourth-order valence-corrected chi connectivity index (χ4v) is 2.11. The third-order valence-electron chi connectivity index (χ3n) is 3.35. The zero-order valence-corrected chi connectivity index (χ0v) is 12.1. The summed E-state index contributed by atoms with van der Waals surface area (Å²) in [5, 5.41) is 10.4. The molecule has 0 aliphatic heterocycles. The highest BCUT2D eigenvalue weighted by Crippen LogP contribution is 2.11. The third-order valence-corrected chi connectivity index (χ3v) is 3.35. The van der Waals surface area contributed by atoms with Crippen LogP contribution in [0.15, 0.2) is 43.0 Å². The molecule has 6 nitrogen and oxygen atoms in total. The molecule has 2 aromatic heterocycles. The molecule has 0 saturated heterocycles. The number of aryl methyl sites for hydroxylation is 1. The van der Waals surface area contributed by atoms with Gasteiger partial charge in [0.2, 0.25) is 0 Å². The lowest BCUT2D eigenvalue weighted by Crippen LogP contribution is -2.19. The van der Waals surface area contributed by atoms with Crippen molar-refractivity contribution in [3.05, 3.63) is 60.2 Å². The van der Waals surface area contributed by atoms with Crippen molar-refractivity contribution in [2.24, 2.45) is 0 Å². The van der Waals surface area contributed by atoms with Crippen molar-refractivity contribution in [1.29, 1.82) is 0 Å². The summed E-state index contributed by atoms with van der Waals surface area (Å²) in [7, 11) is 0. The molecule has 0 amide bonds. The number of nitrogens with zero attached hydrogens (tertiary/aromatic N) is 4. The van der Waals surface area contributed by atoms with Gasteiger partial charge in [-0.05, 0) is 31.5 Å². The monoisotopic (exact) mass is 282 g/mol. The molecule has 1 atom stereocenters. The van der Waals surface area contributed by atoms with Crippen molar-refractivity contribution in [3.8, 4) is 5.69 Å². The van der Waals surface area contributed by atoms with Gasteiger partial charge >= 0.3 is 0 Å². The van der Waals surface area contributed by atoms with Gasteiger partial charge in [0.1, 0.15) is 5.82 Å². The first-order chi connectivity index (χ1) is 10.2. The fraction of sp³-hybridized carbons (Fsp3) is 0.267. The highest BCUT2D eigenvalue weighted by Gasteiger charge is 2.09. The van der Waals surface area contributed by atoms with E-state index in [1.807, 2.05) is 17.7 Å². The van der Waals surface area contributed by atoms with Gasteiger partial charge in [-0.1, -0.05) is 12.1 Å². The van der Waals surface area contributed by atoms with E-state index in [-0.39, 0.29) is 6.04 Å². The van der Waals surface area contributed by atoms with E-state index < -0.39 is 0 Å². The van der Waals surface area contributed by atoms with Gasteiger partial charge in [0.25, 0.3) is 0 Å². The Morgan fingerprint density at radius 2 is 2.10 bits per heavy atom. The molecule has 108 valence electrons. The second kappa shape index (κ2) is 5.88. The molecular weight excluding hydrogens is 264 g/mol. The Hall–Kier alpha value is -2.47. The molecule has 21 heavy (non-hydrogen) atoms. The molecular formula is C15H18N6. The van der Waals surface area contributed by atoms with Crippen LogP contribution in [0, 0.1) is 6.92 Å². The summed E-state index contributed by atoms with van der Waals surface area (Å²) in [6, 6.07) is 8.50. The van der Waals surface area contributed by atoms with Crippen LogP contribution in [-0.2, 0) is 6.54 Å². The Balaban J connectivity index is 1.61. The molecule has 0 spiro atoms. The molecule has 1 aromatic carbocycles. The molecule has 0 radical (unpaired) electrons. The molecule has 0 fully saturated rings. The Kier molecular flexibility index (Phi) is 3.79. The number of imidazole rings is 1. The van der Waals surface area contributed by atoms with Crippen LogP contribution < -0.4 is 5.32 Å². The molecule has 0 aliphatic rings. The average Bonchev–Trinajstić information content (AvgIpc) is 3.16. The van der Waals surface area contributed by atoms with Crippen LogP contribution in [0.1, 0.15) is 30.2 Å². The quantitative estimate of drug-likeness (QED) is 0.752. The minimum atomic E-state index is 0.114. The molecule has 0 saturated carbocycles. The van der Waals surface area contributed by atoms with Crippen molar-refractivity contribution in [3.63, 3.8) is 0 Å². The maximum Gasteiger partial charge on any atom is 0.167 e. The topological polar surface area (TPSA) is 71.4 Å². The maximum atomic E-state index is 4.33. The smallest absolute Gasteiger partial charge is 0.167 e. The van der Waals surface area contributed by atoms with E-state index in [0.29, 0.717) is 0 Å². The van der Waals surface area contributed by atoms with Crippen LogP contribution in [0.5, 0.6) is 0 Å². The predicted octanol–water partition coefficient (Wildman–Crippen LogP) is 2.15. The van der Waals surface area contributed by atoms with E-state index >= 15 is 0 Å². The van der Waals surface area contributed by atoms with E-state index in [1.54, 1.807) is 12.5 Å². The average molecular weight is 282 g/mol. The first-order valence-electron chi connectivity index (χ1n) is 6.92. The lowest BCUT2D eigenvalue weighted by Gasteiger charge is -2.11. The molecule has 0 aliphatic carbocycles. The zero-order chi connectivity index (χ0) is 14.7. The first kappa shape index (κ1) is 13.5.